The Labute approximate surface area is 170 Å². The van der Waals surface area contributed by atoms with E-state index in [0.717, 1.165) is 25.0 Å². The quantitative estimate of drug-likeness (QED) is 0.498. The number of hydrogen-bond acceptors (Lipinski definition) is 6. The number of aliphatic hydroxyl groups excluding tert-OH is 1. The van der Waals surface area contributed by atoms with Crippen LogP contribution in [0.2, 0.25) is 5.02 Å². The summed E-state index contributed by atoms with van der Waals surface area (Å²) in [6.45, 7) is 4.11. The van der Waals surface area contributed by atoms with Gasteiger partial charge in [0, 0.05) is 11.1 Å². The Kier molecular flexibility index (Phi) is 5.04. The minimum atomic E-state index is -0.831. The van der Waals surface area contributed by atoms with Gasteiger partial charge in [-0.3, -0.25) is 0 Å². The molecule has 0 bridgehead atoms. The maximum Gasteiger partial charge on any atom is 0.225 e. The molecule has 0 saturated heterocycles. The van der Waals surface area contributed by atoms with E-state index in [2.05, 4.69) is 44.4 Å². The molecule has 4 N–H and O–H groups in total. The van der Waals surface area contributed by atoms with Gasteiger partial charge >= 0.3 is 0 Å². The van der Waals surface area contributed by atoms with Crippen LogP contribution >= 0.6 is 11.6 Å². The lowest BCUT2D eigenvalue weighted by molar-refractivity contribution is 0.00908. The van der Waals surface area contributed by atoms with Gasteiger partial charge in [0.2, 0.25) is 11.9 Å². The zero-order valence-electron chi connectivity index (χ0n) is 15.9. The number of rotatable bonds is 4. The van der Waals surface area contributed by atoms with Crippen LogP contribution in [0, 0.1) is 17.0 Å². The van der Waals surface area contributed by atoms with Crippen molar-refractivity contribution < 1.29 is 13.9 Å². The van der Waals surface area contributed by atoms with E-state index >= 15 is 0 Å². The first-order valence-electron chi connectivity index (χ1n) is 9.30. The molecule has 0 radical (unpaired) electrons. The predicted molar refractivity (Wildman–Crippen MR) is 107 cm³/mol. The molecule has 154 valence electrons. The summed E-state index contributed by atoms with van der Waals surface area (Å²) in [5.74, 6) is -1.15. The lowest BCUT2D eigenvalue weighted by Crippen LogP contribution is -2.41. The molecule has 0 spiro atoms. The van der Waals surface area contributed by atoms with Crippen molar-refractivity contribution in [2.45, 2.75) is 45.3 Å². The van der Waals surface area contributed by atoms with Crippen LogP contribution in [0.15, 0.2) is 18.3 Å². The molecule has 2 heterocycles. The van der Waals surface area contributed by atoms with E-state index in [1.54, 1.807) is 6.20 Å². The highest BCUT2D eigenvalue weighted by molar-refractivity contribution is 6.30. The molecular formula is C19H21ClF2N6O. The molecule has 1 aromatic carbocycles. The standard InChI is InChI=1S/C19H21ClF2N6O/c1-19(2)4-3-10(7-14(19)29)24-17-23-8-13-16(27-17)28-18(25-13)26-15-11(21)5-9(20)6-12(15)22/h5-6,8,10,14,29H,3-4,7H2,1-2H3,(H3,23,24,25,26,27,28)/t10-,14-/m1/s1. The van der Waals surface area contributed by atoms with E-state index in [1.807, 2.05) is 0 Å². The number of aromatic nitrogens is 4. The number of nitrogens with one attached hydrogen (secondary N) is 3. The number of halogens is 3. The van der Waals surface area contributed by atoms with Gasteiger partial charge in [-0.25, -0.2) is 13.8 Å². The minimum absolute atomic E-state index is 0.0343. The molecule has 0 aliphatic heterocycles. The maximum absolute atomic E-state index is 14.0. The van der Waals surface area contributed by atoms with Gasteiger partial charge in [-0.05, 0) is 36.8 Å². The van der Waals surface area contributed by atoms with Crippen LogP contribution in [-0.2, 0) is 0 Å². The van der Waals surface area contributed by atoms with Crippen molar-refractivity contribution in [3.05, 3.63) is 35.0 Å². The number of hydrogen-bond donors (Lipinski definition) is 4. The number of aromatic amines is 1. The van der Waals surface area contributed by atoms with E-state index in [4.69, 9.17) is 11.6 Å². The SMILES string of the molecule is CC1(C)CC[C@@H](Nc2ncc3[nH]c(Nc4c(F)cc(Cl)cc4F)nc3n2)C[C@H]1O. The average Bonchev–Trinajstić information content (AvgIpc) is 3.03. The van der Waals surface area contributed by atoms with Crippen molar-refractivity contribution in [3.8, 4) is 0 Å². The largest absolute Gasteiger partial charge is 0.392 e. The van der Waals surface area contributed by atoms with Crippen molar-refractivity contribution in [2.75, 3.05) is 10.6 Å². The first-order valence-corrected chi connectivity index (χ1v) is 9.68. The predicted octanol–water partition coefficient (Wildman–Crippen LogP) is 4.38. The Morgan fingerprint density at radius 3 is 2.66 bits per heavy atom. The Morgan fingerprint density at radius 2 is 1.97 bits per heavy atom. The fraction of sp³-hybridized carbons (Fsp3) is 0.421. The molecule has 2 atom stereocenters. The molecule has 7 nitrogen and oxygen atoms in total. The maximum atomic E-state index is 14.0. The van der Waals surface area contributed by atoms with Crippen LogP contribution in [0.1, 0.15) is 33.1 Å². The number of imidazole rings is 1. The highest BCUT2D eigenvalue weighted by Crippen LogP contribution is 2.36. The van der Waals surface area contributed by atoms with Gasteiger partial charge < -0.3 is 20.7 Å². The Balaban J connectivity index is 1.51. The summed E-state index contributed by atoms with van der Waals surface area (Å²) in [5, 5.41) is 16.1. The Hall–Kier alpha value is -2.52. The Morgan fingerprint density at radius 1 is 1.24 bits per heavy atom. The molecule has 3 aromatic rings. The van der Waals surface area contributed by atoms with Gasteiger partial charge in [0.05, 0.1) is 12.3 Å². The van der Waals surface area contributed by atoms with Crippen molar-refractivity contribution >= 4 is 40.3 Å². The van der Waals surface area contributed by atoms with Crippen molar-refractivity contribution in [1.82, 2.24) is 19.9 Å². The van der Waals surface area contributed by atoms with Crippen molar-refractivity contribution in [2.24, 2.45) is 5.41 Å². The summed E-state index contributed by atoms with van der Waals surface area (Å²) in [7, 11) is 0. The second-order valence-electron chi connectivity index (χ2n) is 8.01. The molecule has 0 unspecified atom stereocenters. The summed E-state index contributed by atoms with van der Waals surface area (Å²) >= 11 is 5.64. The van der Waals surface area contributed by atoms with Crippen LogP contribution in [0.5, 0.6) is 0 Å². The van der Waals surface area contributed by atoms with E-state index in [1.165, 1.54) is 0 Å². The van der Waals surface area contributed by atoms with Crippen molar-refractivity contribution in [1.29, 1.82) is 0 Å². The molecule has 10 heteroatoms. The van der Waals surface area contributed by atoms with Crippen LogP contribution in [0.3, 0.4) is 0 Å². The molecule has 1 saturated carbocycles. The number of benzene rings is 1. The van der Waals surface area contributed by atoms with Crippen LogP contribution in [0.25, 0.3) is 11.2 Å². The van der Waals surface area contributed by atoms with E-state index in [-0.39, 0.29) is 28.1 Å². The monoisotopic (exact) mass is 422 g/mol. The van der Waals surface area contributed by atoms with Gasteiger partial charge in [-0.2, -0.15) is 9.97 Å². The summed E-state index contributed by atoms with van der Waals surface area (Å²) in [6.07, 6.45) is 3.54. The molecule has 4 rings (SSSR count). The minimum Gasteiger partial charge on any atom is -0.392 e. The lowest BCUT2D eigenvalue weighted by Gasteiger charge is -2.39. The molecule has 29 heavy (non-hydrogen) atoms. The molecule has 0 amide bonds. The fourth-order valence-electron chi connectivity index (χ4n) is 3.45. The van der Waals surface area contributed by atoms with Crippen molar-refractivity contribution in [3.63, 3.8) is 0 Å². The van der Waals surface area contributed by atoms with E-state index in [9.17, 15) is 13.9 Å². The third-order valence-electron chi connectivity index (χ3n) is 5.37. The van der Waals surface area contributed by atoms with E-state index in [0.29, 0.717) is 23.5 Å². The fourth-order valence-corrected chi connectivity index (χ4v) is 3.64. The highest BCUT2D eigenvalue weighted by Gasteiger charge is 2.35. The molecule has 2 aromatic heterocycles. The molecular weight excluding hydrogens is 402 g/mol. The van der Waals surface area contributed by atoms with Gasteiger partial charge in [-0.15, -0.1) is 0 Å². The zero-order valence-corrected chi connectivity index (χ0v) is 16.7. The second kappa shape index (κ2) is 7.38. The number of aliphatic hydroxyl groups is 1. The first-order chi connectivity index (χ1) is 13.7. The van der Waals surface area contributed by atoms with Gasteiger partial charge in [0.1, 0.15) is 11.2 Å². The van der Waals surface area contributed by atoms with Gasteiger partial charge in [-0.1, -0.05) is 25.4 Å². The number of fused-ring (bicyclic) bond motifs is 1. The van der Waals surface area contributed by atoms with Crippen LogP contribution < -0.4 is 10.6 Å². The normalized spacial score (nSPS) is 21.3. The molecule has 1 fully saturated rings. The van der Waals surface area contributed by atoms with Crippen LogP contribution in [0.4, 0.5) is 26.4 Å². The lowest BCUT2D eigenvalue weighted by atomic mass is 9.73. The first kappa shape index (κ1) is 19.8. The number of nitrogens with zero attached hydrogens (tertiary/aromatic N) is 3. The third-order valence-corrected chi connectivity index (χ3v) is 5.59. The summed E-state index contributed by atoms with van der Waals surface area (Å²) < 4.78 is 28.0. The summed E-state index contributed by atoms with van der Waals surface area (Å²) in [6, 6.07) is 2.08. The topological polar surface area (TPSA) is 98.8 Å². The Bertz CT molecular complexity index is 1030. The highest BCUT2D eigenvalue weighted by atomic mass is 35.5. The second-order valence-corrected chi connectivity index (χ2v) is 8.44. The smallest absolute Gasteiger partial charge is 0.225 e. The van der Waals surface area contributed by atoms with Gasteiger partial charge in [0.15, 0.2) is 17.3 Å². The van der Waals surface area contributed by atoms with E-state index < -0.39 is 17.7 Å². The molecule has 1 aliphatic carbocycles. The average molecular weight is 423 g/mol. The third kappa shape index (κ3) is 4.11. The summed E-state index contributed by atoms with van der Waals surface area (Å²) in [5.41, 5.74) is 0.394. The number of H-pyrrole nitrogens is 1. The number of anilines is 3. The van der Waals surface area contributed by atoms with Crippen LogP contribution in [-0.4, -0.2) is 37.2 Å². The summed E-state index contributed by atoms with van der Waals surface area (Å²) in [4.78, 5) is 15.7. The molecule has 1 aliphatic rings. The zero-order chi connectivity index (χ0) is 20.8. The van der Waals surface area contributed by atoms with Gasteiger partial charge in [0.25, 0.3) is 0 Å².